The number of piperidine rings is 1. The molecule has 0 bridgehead atoms. The van der Waals surface area contributed by atoms with Crippen LogP contribution in [0.25, 0.3) is 0 Å². The zero-order chi connectivity index (χ0) is 10.6. The first-order chi connectivity index (χ1) is 6.49. The van der Waals surface area contributed by atoms with Gasteiger partial charge in [0.15, 0.2) is 0 Å². The molecule has 0 aromatic rings. The quantitative estimate of drug-likeness (QED) is 0.591. The number of hydrogen-bond donors (Lipinski definition) is 3. The van der Waals surface area contributed by atoms with E-state index >= 15 is 0 Å². The van der Waals surface area contributed by atoms with Gasteiger partial charge in [0.05, 0.1) is 0 Å². The van der Waals surface area contributed by atoms with Crippen LogP contribution < -0.4 is 16.4 Å². The van der Waals surface area contributed by atoms with Gasteiger partial charge in [-0.1, -0.05) is 0 Å². The van der Waals surface area contributed by atoms with E-state index in [-0.39, 0.29) is 17.4 Å². The van der Waals surface area contributed by atoms with Crippen LogP contribution >= 0.6 is 0 Å². The van der Waals surface area contributed by atoms with Gasteiger partial charge in [-0.3, -0.25) is 4.79 Å². The molecule has 0 spiro atoms. The third kappa shape index (κ3) is 4.07. The zero-order valence-electron chi connectivity index (χ0n) is 9.10. The van der Waals surface area contributed by atoms with E-state index in [1.54, 1.807) is 0 Å². The SMILES string of the molecule is CC(C)(N)CNC(=O)C1CCNCC1. The monoisotopic (exact) mass is 199 g/mol. The topological polar surface area (TPSA) is 67.1 Å². The second-order valence-corrected chi connectivity index (χ2v) is 4.73. The lowest BCUT2D eigenvalue weighted by Crippen LogP contribution is -2.47. The van der Waals surface area contributed by atoms with Gasteiger partial charge in [-0.15, -0.1) is 0 Å². The Bertz CT molecular complexity index is 192. The van der Waals surface area contributed by atoms with Crippen molar-refractivity contribution in [3.05, 3.63) is 0 Å². The molecule has 4 nitrogen and oxygen atoms in total. The van der Waals surface area contributed by atoms with Crippen LogP contribution in [0.2, 0.25) is 0 Å². The minimum absolute atomic E-state index is 0.157. The van der Waals surface area contributed by atoms with Gasteiger partial charge in [0, 0.05) is 18.0 Å². The summed E-state index contributed by atoms with van der Waals surface area (Å²) in [7, 11) is 0. The Balaban J connectivity index is 2.27. The first kappa shape index (κ1) is 11.5. The maximum absolute atomic E-state index is 11.7. The molecular formula is C10H21N3O. The fourth-order valence-corrected chi connectivity index (χ4v) is 1.54. The molecule has 14 heavy (non-hydrogen) atoms. The van der Waals surface area contributed by atoms with Crippen molar-refractivity contribution >= 4 is 5.91 Å². The Kier molecular flexibility index (Phi) is 3.89. The summed E-state index contributed by atoms with van der Waals surface area (Å²) in [6.45, 7) is 6.27. The zero-order valence-corrected chi connectivity index (χ0v) is 9.10. The molecule has 1 heterocycles. The van der Waals surface area contributed by atoms with Crippen LogP contribution in [0.4, 0.5) is 0 Å². The third-order valence-electron chi connectivity index (χ3n) is 2.43. The summed E-state index contributed by atoms with van der Waals surface area (Å²) in [4.78, 5) is 11.7. The van der Waals surface area contributed by atoms with Crippen LogP contribution in [0.5, 0.6) is 0 Å². The van der Waals surface area contributed by atoms with E-state index in [9.17, 15) is 4.79 Å². The summed E-state index contributed by atoms with van der Waals surface area (Å²) in [5, 5.41) is 6.14. The Hall–Kier alpha value is -0.610. The first-order valence-corrected chi connectivity index (χ1v) is 5.26. The molecule has 4 N–H and O–H groups in total. The standard InChI is InChI=1S/C10H21N3O/c1-10(2,11)7-13-9(14)8-3-5-12-6-4-8/h8,12H,3-7,11H2,1-2H3,(H,13,14). The molecule has 1 aliphatic rings. The lowest BCUT2D eigenvalue weighted by Gasteiger charge is -2.24. The van der Waals surface area contributed by atoms with E-state index in [0.29, 0.717) is 6.54 Å². The van der Waals surface area contributed by atoms with E-state index < -0.39 is 0 Å². The van der Waals surface area contributed by atoms with Crippen LogP contribution in [-0.4, -0.2) is 31.1 Å². The maximum Gasteiger partial charge on any atom is 0.223 e. The number of nitrogens with one attached hydrogen (secondary N) is 2. The van der Waals surface area contributed by atoms with Crippen LogP contribution in [0.15, 0.2) is 0 Å². The Morgan fingerprint density at radius 1 is 1.50 bits per heavy atom. The van der Waals surface area contributed by atoms with Crippen molar-refractivity contribution in [3.8, 4) is 0 Å². The molecule has 0 radical (unpaired) electrons. The van der Waals surface area contributed by atoms with Crippen molar-refractivity contribution in [1.82, 2.24) is 10.6 Å². The van der Waals surface area contributed by atoms with Crippen molar-refractivity contribution in [2.45, 2.75) is 32.2 Å². The average Bonchev–Trinajstić information content (AvgIpc) is 2.14. The van der Waals surface area contributed by atoms with Crippen LogP contribution in [0.1, 0.15) is 26.7 Å². The van der Waals surface area contributed by atoms with Crippen molar-refractivity contribution in [2.75, 3.05) is 19.6 Å². The Morgan fingerprint density at radius 2 is 2.07 bits per heavy atom. The van der Waals surface area contributed by atoms with Crippen molar-refractivity contribution in [1.29, 1.82) is 0 Å². The molecule has 0 saturated carbocycles. The van der Waals surface area contributed by atoms with Crippen LogP contribution in [0.3, 0.4) is 0 Å². The van der Waals surface area contributed by atoms with Crippen molar-refractivity contribution in [2.24, 2.45) is 11.7 Å². The lowest BCUT2D eigenvalue weighted by atomic mass is 9.97. The van der Waals surface area contributed by atoms with Gasteiger partial charge in [0.25, 0.3) is 0 Å². The predicted octanol–water partition coefficient (Wildman–Crippen LogP) is -0.160. The molecule has 0 aromatic carbocycles. The summed E-state index contributed by atoms with van der Waals surface area (Å²) in [6, 6.07) is 0. The molecular weight excluding hydrogens is 178 g/mol. The number of hydrogen-bond acceptors (Lipinski definition) is 3. The molecule has 1 amide bonds. The smallest absolute Gasteiger partial charge is 0.223 e. The highest BCUT2D eigenvalue weighted by Gasteiger charge is 2.22. The molecule has 4 heteroatoms. The molecule has 0 atom stereocenters. The Morgan fingerprint density at radius 3 is 2.57 bits per heavy atom. The maximum atomic E-state index is 11.7. The largest absolute Gasteiger partial charge is 0.354 e. The predicted molar refractivity (Wildman–Crippen MR) is 56.9 cm³/mol. The molecule has 1 saturated heterocycles. The average molecular weight is 199 g/mol. The molecule has 0 aromatic heterocycles. The highest BCUT2D eigenvalue weighted by molar-refractivity contribution is 5.78. The second kappa shape index (κ2) is 4.75. The number of nitrogens with two attached hydrogens (primary N) is 1. The number of carbonyl (C=O) groups excluding carboxylic acids is 1. The highest BCUT2D eigenvalue weighted by Crippen LogP contribution is 2.11. The number of carbonyl (C=O) groups is 1. The summed E-state index contributed by atoms with van der Waals surface area (Å²) >= 11 is 0. The first-order valence-electron chi connectivity index (χ1n) is 5.26. The van der Waals surface area contributed by atoms with Crippen LogP contribution in [-0.2, 0) is 4.79 Å². The molecule has 0 aliphatic carbocycles. The summed E-state index contributed by atoms with van der Waals surface area (Å²) in [5.74, 6) is 0.337. The fraction of sp³-hybridized carbons (Fsp3) is 0.900. The van der Waals surface area contributed by atoms with Crippen molar-refractivity contribution < 1.29 is 4.79 Å². The number of amides is 1. The van der Waals surface area contributed by atoms with Crippen molar-refractivity contribution in [3.63, 3.8) is 0 Å². The van der Waals surface area contributed by atoms with Gasteiger partial charge in [0.2, 0.25) is 5.91 Å². The highest BCUT2D eigenvalue weighted by atomic mass is 16.1. The van der Waals surface area contributed by atoms with Gasteiger partial charge in [0.1, 0.15) is 0 Å². The van der Waals surface area contributed by atoms with Gasteiger partial charge < -0.3 is 16.4 Å². The van der Waals surface area contributed by atoms with Gasteiger partial charge in [-0.05, 0) is 39.8 Å². The summed E-state index contributed by atoms with van der Waals surface area (Å²) < 4.78 is 0. The van der Waals surface area contributed by atoms with Crippen LogP contribution in [0, 0.1) is 5.92 Å². The molecule has 1 fully saturated rings. The second-order valence-electron chi connectivity index (χ2n) is 4.73. The summed E-state index contributed by atoms with van der Waals surface area (Å²) in [5.41, 5.74) is 5.47. The van der Waals surface area contributed by atoms with Gasteiger partial charge >= 0.3 is 0 Å². The minimum atomic E-state index is -0.317. The van der Waals surface area contributed by atoms with E-state index in [1.807, 2.05) is 13.8 Å². The van der Waals surface area contributed by atoms with E-state index in [4.69, 9.17) is 5.73 Å². The van der Waals surface area contributed by atoms with Gasteiger partial charge in [-0.25, -0.2) is 0 Å². The minimum Gasteiger partial charge on any atom is -0.354 e. The molecule has 1 rings (SSSR count). The Labute approximate surface area is 85.6 Å². The summed E-state index contributed by atoms with van der Waals surface area (Å²) in [6.07, 6.45) is 1.88. The fourth-order valence-electron chi connectivity index (χ4n) is 1.54. The molecule has 1 aliphatic heterocycles. The molecule has 82 valence electrons. The molecule has 0 unspecified atom stereocenters. The number of rotatable bonds is 3. The van der Waals surface area contributed by atoms with E-state index in [0.717, 1.165) is 25.9 Å². The lowest BCUT2D eigenvalue weighted by molar-refractivity contribution is -0.125. The van der Waals surface area contributed by atoms with Gasteiger partial charge in [-0.2, -0.15) is 0 Å². The third-order valence-corrected chi connectivity index (χ3v) is 2.43. The van der Waals surface area contributed by atoms with E-state index in [2.05, 4.69) is 10.6 Å². The van der Waals surface area contributed by atoms with E-state index in [1.165, 1.54) is 0 Å². The normalized spacial score (nSPS) is 19.4.